The number of carbonyl (C=O) groups excluding carboxylic acids is 3. The highest BCUT2D eigenvalue weighted by Gasteiger charge is 2.26. The van der Waals surface area contributed by atoms with Gasteiger partial charge in [0.15, 0.2) is 11.5 Å². The summed E-state index contributed by atoms with van der Waals surface area (Å²) in [7, 11) is 0. The van der Waals surface area contributed by atoms with Gasteiger partial charge in [-0.15, -0.1) is 0 Å². The molecule has 0 radical (unpaired) electrons. The maximum atomic E-state index is 13.2. The second-order valence-electron chi connectivity index (χ2n) is 8.48. The van der Waals surface area contributed by atoms with E-state index in [1.54, 1.807) is 19.2 Å². The standard InChI is InChI=1S/C30H24N2O8/c1-2-32(28(36)19-12-14-21(33)15-13-19)23-17-31-16-4-7-25(23)40-30(39)20-10-8-18(9-11-20)27(35)26-22(29(37)38)5-3-6-24(26)34/h3-17,31,33-34H,2H2,1H3,(H,37,38). The van der Waals surface area contributed by atoms with E-state index < -0.39 is 23.5 Å². The Morgan fingerprint density at radius 2 is 1.52 bits per heavy atom. The summed E-state index contributed by atoms with van der Waals surface area (Å²) in [6.07, 6.45) is 6.21. The van der Waals surface area contributed by atoms with Crippen LogP contribution >= 0.6 is 0 Å². The number of ether oxygens (including phenoxy) is 1. The predicted octanol–water partition coefficient (Wildman–Crippen LogP) is 4.19. The molecule has 0 aliphatic carbocycles. The van der Waals surface area contributed by atoms with Gasteiger partial charge in [-0.3, -0.25) is 9.59 Å². The first-order valence-electron chi connectivity index (χ1n) is 12.1. The lowest BCUT2D eigenvalue weighted by Gasteiger charge is -2.25. The summed E-state index contributed by atoms with van der Waals surface area (Å²) in [6, 6.07) is 14.8. The highest BCUT2D eigenvalue weighted by molar-refractivity contribution is 6.16. The molecule has 4 rings (SSSR count). The molecule has 1 amide bonds. The predicted molar refractivity (Wildman–Crippen MR) is 144 cm³/mol. The minimum Gasteiger partial charge on any atom is -0.508 e. The molecule has 0 atom stereocenters. The van der Waals surface area contributed by atoms with Gasteiger partial charge < -0.3 is 30.3 Å². The van der Waals surface area contributed by atoms with E-state index in [1.807, 2.05) is 0 Å². The van der Waals surface area contributed by atoms with E-state index in [4.69, 9.17) is 4.74 Å². The number of phenolic OH excluding ortho intramolecular Hbond substituents is 2. The van der Waals surface area contributed by atoms with Crippen LogP contribution in [0.1, 0.15) is 53.9 Å². The molecule has 10 heteroatoms. The van der Waals surface area contributed by atoms with E-state index in [-0.39, 0.29) is 51.9 Å². The lowest BCUT2D eigenvalue weighted by molar-refractivity contribution is 0.0603. The monoisotopic (exact) mass is 540 g/mol. The third-order valence-electron chi connectivity index (χ3n) is 5.96. The largest absolute Gasteiger partial charge is 0.508 e. The van der Waals surface area contributed by atoms with Gasteiger partial charge in [0.05, 0.1) is 16.7 Å². The fourth-order valence-electron chi connectivity index (χ4n) is 3.97. The summed E-state index contributed by atoms with van der Waals surface area (Å²) < 4.78 is 5.64. The van der Waals surface area contributed by atoms with Gasteiger partial charge in [-0.25, -0.2) is 9.59 Å². The minimum atomic E-state index is -1.37. The van der Waals surface area contributed by atoms with Crippen LogP contribution in [-0.4, -0.2) is 50.4 Å². The van der Waals surface area contributed by atoms with Crippen LogP contribution in [0.4, 0.5) is 0 Å². The molecule has 3 aromatic carbocycles. The first kappa shape index (κ1) is 27.4. The van der Waals surface area contributed by atoms with Crippen LogP contribution in [0.3, 0.4) is 0 Å². The van der Waals surface area contributed by atoms with Crippen LogP contribution in [0.2, 0.25) is 0 Å². The number of phenols is 2. The molecule has 0 aromatic heterocycles. The number of carboxylic acid groups (broad SMARTS) is 1. The Labute approximate surface area is 228 Å². The Bertz CT molecular complexity index is 1570. The summed E-state index contributed by atoms with van der Waals surface area (Å²) in [5, 5.41) is 32.0. The van der Waals surface area contributed by atoms with Gasteiger partial charge in [-0.2, -0.15) is 0 Å². The summed E-state index contributed by atoms with van der Waals surface area (Å²) in [5.41, 5.74) is 0.0315. The Balaban J connectivity index is 1.56. The smallest absolute Gasteiger partial charge is 0.343 e. The van der Waals surface area contributed by atoms with Crippen molar-refractivity contribution in [2.75, 3.05) is 6.54 Å². The maximum Gasteiger partial charge on any atom is 0.343 e. The third-order valence-corrected chi connectivity index (χ3v) is 5.96. The number of nitrogens with one attached hydrogen (secondary N) is 1. The molecule has 0 unspecified atom stereocenters. The van der Waals surface area contributed by atoms with Crippen LogP contribution in [0.25, 0.3) is 0 Å². The number of carbonyl (C=O) groups is 4. The molecule has 1 aliphatic heterocycles. The highest BCUT2D eigenvalue weighted by Crippen LogP contribution is 2.26. The van der Waals surface area contributed by atoms with Crippen molar-refractivity contribution in [3.63, 3.8) is 0 Å². The fourth-order valence-corrected chi connectivity index (χ4v) is 3.97. The minimum absolute atomic E-state index is 0.0178. The molecule has 40 heavy (non-hydrogen) atoms. The first-order chi connectivity index (χ1) is 19.2. The van der Waals surface area contributed by atoms with Gasteiger partial charge in [-0.1, -0.05) is 18.2 Å². The Hall–Kier alpha value is -5.64. The molecule has 10 nitrogen and oxygen atoms in total. The topological polar surface area (TPSA) is 153 Å². The number of amides is 1. The number of likely N-dealkylation sites (N-methyl/N-ethyl adjacent to an activating group) is 1. The number of benzene rings is 3. The molecule has 1 heterocycles. The number of hydrogen-bond acceptors (Lipinski definition) is 8. The molecule has 0 fully saturated rings. The molecule has 0 saturated heterocycles. The van der Waals surface area contributed by atoms with Crippen LogP contribution < -0.4 is 5.32 Å². The summed E-state index contributed by atoms with van der Waals surface area (Å²) in [4.78, 5) is 52.1. The Kier molecular flexibility index (Phi) is 8.10. The van der Waals surface area contributed by atoms with Crippen molar-refractivity contribution in [1.29, 1.82) is 0 Å². The van der Waals surface area contributed by atoms with Crippen molar-refractivity contribution in [2.45, 2.75) is 6.92 Å². The zero-order valence-electron chi connectivity index (χ0n) is 21.2. The van der Waals surface area contributed by atoms with E-state index in [9.17, 15) is 34.5 Å². The summed E-state index contributed by atoms with van der Waals surface area (Å²) >= 11 is 0. The van der Waals surface area contributed by atoms with Crippen molar-refractivity contribution in [3.05, 3.63) is 131 Å². The van der Waals surface area contributed by atoms with Crippen LogP contribution in [0.15, 0.2) is 103 Å². The van der Waals surface area contributed by atoms with Crippen molar-refractivity contribution >= 4 is 23.6 Å². The molecular formula is C30H24N2O8. The van der Waals surface area contributed by atoms with Gasteiger partial charge in [-0.05, 0) is 67.6 Å². The molecular weight excluding hydrogens is 516 g/mol. The molecule has 0 saturated carbocycles. The number of ketones is 1. The number of rotatable bonds is 8. The second kappa shape index (κ2) is 11.8. The quantitative estimate of drug-likeness (QED) is 0.243. The van der Waals surface area contributed by atoms with E-state index in [0.717, 1.165) is 0 Å². The van der Waals surface area contributed by atoms with Crippen LogP contribution in [0.5, 0.6) is 11.5 Å². The highest BCUT2D eigenvalue weighted by atomic mass is 16.5. The number of hydrogen-bond donors (Lipinski definition) is 4. The van der Waals surface area contributed by atoms with Gasteiger partial charge in [0.25, 0.3) is 5.91 Å². The van der Waals surface area contributed by atoms with Gasteiger partial charge >= 0.3 is 11.9 Å². The Morgan fingerprint density at radius 1 is 0.875 bits per heavy atom. The fraction of sp³-hybridized carbons (Fsp3) is 0.0667. The lowest BCUT2D eigenvalue weighted by atomic mass is 9.96. The number of nitrogens with zero attached hydrogens (tertiary/aromatic N) is 1. The normalized spacial score (nSPS) is 12.3. The van der Waals surface area contributed by atoms with Gasteiger partial charge in [0.1, 0.15) is 17.2 Å². The average molecular weight is 541 g/mol. The lowest BCUT2D eigenvalue weighted by Crippen LogP contribution is -2.32. The third kappa shape index (κ3) is 5.76. The Morgan fingerprint density at radius 3 is 2.17 bits per heavy atom. The number of aromatic hydroxyl groups is 2. The van der Waals surface area contributed by atoms with E-state index in [2.05, 4.69) is 5.32 Å². The summed E-state index contributed by atoms with van der Waals surface area (Å²) in [6.45, 7) is 2.00. The molecule has 1 aliphatic rings. The van der Waals surface area contributed by atoms with Crippen molar-refractivity contribution in [1.82, 2.24) is 10.2 Å². The molecule has 0 bridgehead atoms. The molecule has 202 valence electrons. The number of allylic oxidation sites excluding steroid dienone is 2. The number of carboxylic acids is 1. The van der Waals surface area contributed by atoms with Crippen molar-refractivity contribution in [3.8, 4) is 11.5 Å². The summed E-state index contributed by atoms with van der Waals surface area (Å²) in [5.74, 6) is -3.62. The first-order valence-corrected chi connectivity index (χ1v) is 12.1. The van der Waals surface area contributed by atoms with Crippen LogP contribution in [0, 0.1) is 0 Å². The number of aromatic carboxylic acids is 1. The zero-order valence-corrected chi connectivity index (χ0v) is 21.2. The maximum absolute atomic E-state index is 13.2. The van der Waals surface area contributed by atoms with Gasteiger partial charge in [0, 0.05) is 30.1 Å². The molecule has 3 aromatic rings. The average Bonchev–Trinajstić information content (AvgIpc) is 3.18. The second-order valence-corrected chi connectivity index (χ2v) is 8.48. The SMILES string of the molecule is CCN(C(=O)c1ccc(O)cc1)C1=CNC=CC=C1OC(=O)c1ccc(C(=O)c2c(O)cccc2C(=O)O)cc1. The van der Waals surface area contributed by atoms with Crippen LogP contribution in [-0.2, 0) is 4.74 Å². The molecule has 0 spiro atoms. The van der Waals surface area contributed by atoms with Gasteiger partial charge in [0.2, 0.25) is 0 Å². The molecule has 4 N–H and O–H groups in total. The van der Waals surface area contributed by atoms with E-state index in [1.165, 1.54) is 83.9 Å². The zero-order chi connectivity index (χ0) is 28.8. The number of esters is 1. The van der Waals surface area contributed by atoms with E-state index >= 15 is 0 Å². The van der Waals surface area contributed by atoms with Crippen molar-refractivity contribution in [2.24, 2.45) is 0 Å². The van der Waals surface area contributed by atoms with E-state index in [0.29, 0.717) is 5.56 Å². The van der Waals surface area contributed by atoms with Crippen molar-refractivity contribution < 1.29 is 39.2 Å².